The fraction of sp³-hybridized carbons (Fsp3) is 0.154. The predicted molar refractivity (Wildman–Crippen MR) is 64.1 cm³/mol. The van der Waals surface area contributed by atoms with Gasteiger partial charge in [0.05, 0.1) is 14.0 Å². The van der Waals surface area contributed by atoms with Crippen molar-refractivity contribution in [2.45, 2.75) is 6.92 Å². The topological polar surface area (TPSA) is 64.0 Å². The number of benzene rings is 1. The molecular formula is C13H13O4+. The predicted octanol–water partition coefficient (Wildman–Crippen LogP) is 2.57. The molecular weight excluding hydrogens is 220 g/mol. The molecule has 88 valence electrons. The molecule has 0 unspecified atom stereocenters. The van der Waals surface area contributed by atoms with Gasteiger partial charge in [0.2, 0.25) is 5.76 Å². The second-order valence-corrected chi connectivity index (χ2v) is 3.64. The summed E-state index contributed by atoms with van der Waals surface area (Å²) in [7, 11) is 1.48. The molecule has 0 aliphatic heterocycles. The van der Waals surface area contributed by atoms with Crippen molar-refractivity contribution in [1.29, 1.82) is 0 Å². The average molecular weight is 233 g/mol. The molecule has 1 heterocycles. The Bertz CT molecular complexity index is 554. The third-order valence-electron chi connectivity index (χ3n) is 2.43. The summed E-state index contributed by atoms with van der Waals surface area (Å²) in [6.45, 7) is 1.56. The van der Waals surface area contributed by atoms with Gasteiger partial charge < -0.3 is 14.3 Å². The highest BCUT2D eigenvalue weighted by atomic mass is 16.5. The van der Waals surface area contributed by atoms with Gasteiger partial charge in [-0.15, -0.1) is 0 Å². The Morgan fingerprint density at radius 3 is 2.65 bits per heavy atom. The van der Waals surface area contributed by atoms with Crippen molar-refractivity contribution in [2.75, 3.05) is 7.11 Å². The van der Waals surface area contributed by atoms with Gasteiger partial charge in [-0.25, -0.2) is 0 Å². The number of phenolic OH excluding ortho intramolecular Hbond substituents is 1. The molecule has 1 aromatic heterocycles. The molecule has 4 heteroatoms. The Hall–Kier alpha value is -2.23. The van der Waals surface area contributed by atoms with Crippen LogP contribution in [0.5, 0.6) is 11.5 Å². The van der Waals surface area contributed by atoms with Crippen LogP contribution in [0, 0.1) is 0 Å². The molecule has 0 spiro atoms. The van der Waals surface area contributed by atoms with Gasteiger partial charge >= 0.3 is 5.78 Å². The Morgan fingerprint density at radius 2 is 2.06 bits per heavy atom. The van der Waals surface area contributed by atoms with Crippen LogP contribution in [0.4, 0.5) is 0 Å². The molecule has 0 aliphatic carbocycles. The van der Waals surface area contributed by atoms with E-state index in [9.17, 15) is 9.90 Å². The fourth-order valence-corrected chi connectivity index (χ4v) is 1.52. The number of rotatable bonds is 3. The standard InChI is InChI=1S/C13H12O4/c1-8(14)11-5-6-12(17-11)9-3-4-10(15)13(7-9)16-2/h3-7,15H,1-2H3/p+1. The average Bonchev–Trinajstić information content (AvgIpc) is 2.79. The van der Waals surface area contributed by atoms with Crippen molar-refractivity contribution < 1.29 is 19.1 Å². The number of furan rings is 1. The van der Waals surface area contributed by atoms with Crippen LogP contribution in [0.2, 0.25) is 0 Å². The third-order valence-corrected chi connectivity index (χ3v) is 2.43. The first-order valence-electron chi connectivity index (χ1n) is 5.12. The summed E-state index contributed by atoms with van der Waals surface area (Å²) in [5.41, 5.74) is 0.771. The van der Waals surface area contributed by atoms with E-state index >= 15 is 0 Å². The van der Waals surface area contributed by atoms with Gasteiger partial charge in [0, 0.05) is 5.56 Å². The van der Waals surface area contributed by atoms with E-state index in [0.717, 1.165) is 5.56 Å². The molecule has 0 radical (unpaired) electrons. The normalized spacial score (nSPS) is 10.2. The Labute approximate surface area is 98.4 Å². The van der Waals surface area contributed by atoms with Crippen molar-refractivity contribution in [3.8, 4) is 22.8 Å². The van der Waals surface area contributed by atoms with E-state index in [1.165, 1.54) is 13.2 Å². The van der Waals surface area contributed by atoms with Gasteiger partial charge in [-0.05, 0) is 30.3 Å². The van der Waals surface area contributed by atoms with E-state index in [0.29, 0.717) is 17.3 Å². The van der Waals surface area contributed by atoms with Gasteiger partial charge in [-0.3, -0.25) is 4.79 Å². The third kappa shape index (κ3) is 2.15. The molecule has 0 saturated carbocycles. The minimum Gasteiger partial charge on any atom is -0.504 e. The summed E-state index contributed by atoms with van der Waals surface area (Å²) in [6.07, 6.45) is 0. The number of hydrogen-bond acceptors (Lipinski definition) is 3. The monoisotopic (exact) mass is 233 g/mol. The first-order chi connectivity index (χ1) is 8.11. The molecule has 0 fully saturated rings. The molecule has 2 N–H and O–H groups in total. The fourth-order valence-electron chi connectivity index (χ4n) is 1.52. The zero-order valence-electron chi connectivity index (χ0n) is 9.60. The zero-order chi connectivity index (χ0) is 12.4. The maximum atomic E-state index is 9.48. The van der Waals surface area contributed by atoms with Crippen LogP contribution in [0.3, 0.4) is 0 Å². The number of hydrogen-bond donors (Lipinski definition) is 1. The molecule has 0 saturated heterocycles. The molecule has 2 rings (SSSR count). The van der Waals surface area contributed by atoms with Crippen molar-refractivity contribution in [3.63, 3.8) is 0 Å². The van der Waals surface area contributed by atoms with E-state index in [1.807, 2.05) is 0 Å². The van der Waals surface area contributed by atoms with Gasteiger partial charge in [0.15, 0.2) is 11.5 Å². The van der Waals surface area contributed by atoms with E-state index in [2.05, 4.69) is 0 Å². The second-order valence-electron chi connectivity index (χ2n) is 3.64. The SMILES string of the molecule is COc1cc(-c2ccc(C(C)=[OH+])o2)ccc1O. The van der Waals surface area contributed by atoms with Crippen molar-refractivity contribution >= 4 is 5.78 Å². The summed E-state index contributed by atoms with van der Waals surface area (Å²) in [5.74, 6) is 1.61. The molecule has 17 heavy (non-hydrogen) atoms. The van der Waals surface area contributed by atoms with E-state index < -0.39 is 0 Å². The second kappa shape index (κ2) is 4.33. The van der Waals surface area contributed by atoms with Crippen LogP contribution in [-0.4, -0.2) is 22.8 Å². The molecule has 2 aromatic rings. The van der Waals surface area contributed by atoms with Crippen molar-refractivity contribution in [1.82, 2.24) is 0 Å². The van der Waals surface area contributed by atoms with Crippen LogP contribution in [0.15, 0.2) is 34.7 Å². The van der Waals surface area contributed by atoms with Crippen LogP contribution in [0.25, 0.3) is 11.3 Å². The summed E-state index contributed by atoms with van der Waals surface area (Å²) in [4.78, 5) is 9.29. The molecule has 0 aliphatic rings. The number of carbonyl (C=O) groups excluding carboxylic acids is 1. The van der Waals surface area contributed by atoms with Crippen LogP contribution < -0.4 is 4.74 Å². The van der Waals surface area contributed by atoms with Crippen LogP contribution in [-0.2, 0) is 0 Å². The van der Waals surface area contributed by atoms with Crippen LogP contribution >= 0.6 is 0 Å². The zero-order valence-corrected chi connectivity index (χ0v) is 9.60. The molecule has 1 aromatic carbocycles. The first-order valence-corrected chi connectivity index (χ1v) is 5.12. The number of phenols is 1. The van der Waals surface area contributed by atoms with E-state index in [4.69, 9.17) is 9.15 Å². The Morgan fingerprint density at radius 1 is 1.29 bits per heavy atom. The van der Waals surface area contributed by atoms with Crippen molar-refractivity contribution in [2.24, 2.45) is 0 Å². The Balaban J connectivity index is 2.42. The number of aromatic hydroxyl groups is 1. The highest BCUT2D eigenvalue weighted by molar-refractivity contribution is 5.92. The lowest BCUT2D eigenvalue weighted by Crippen LogP contribution is -1.88. The number of methoxy groups -OCH3 is 1. The number of ketones is 1. The molecule has 0 bridgehead atoms. The van der Waals surface area contributed by atoms with Gasteiger partial charge in [-0.2, -0.15) is 0 Å². The van der Waals surface area contributed by atoms with E-state index in [-0.39, 0.29) is 11.5 Å². The quantitative estimate of drug-likeness (QED) is 0.654. The largest absolute Gasteiger partial charge is 0.504 e. The smallest absolute Gasteiger partial charge is 0.355 e. The minimum absolute atomic E-state index is 0.0768. The lowest BCUT2D eigenvalue weighted by Gasteiger charge is -2.04. The summed E-state index contributed by atoms with van der Waals surface area (Å²) in [5, 5.41) is 9.48. The van der Waals surface area contributed by atoms with Gasteiger partial charge in [0.1, 0.15) is 5.76 Å². The number of ether oxygens (including phenoxy) is 1. The summed E-state index contributed by atoms with van der Waals surface area (Å²) in [6, 6.07) is 8.36. The molecule has 0 atom stereocenters. The summed E-state index contributed by atoms with van der Waals surface area (Å²) < 4.78 is 10.5. The maximum Gasteiger partial charge on any atom is 0.355 e. The Kier molecular flexibility index (Phi) is 2.87. The van der Waals surface area contributed by atoms with Crippen molar-refractivity contribution in [3.05, 3.63) is 36.1 Å². The lowest BCUT2D eigenvalue weighted by molar-refractivity contribution is 0.373. The molecule has 4 nitrogen and oxygen atoms in total. The lowest BCUT2D eigenvalue weighted by atomic mass is 10.1. The van der Waals surface area contributed by atoms with Gasteiger partial charge in [0.25, 0.3) is 0 Å². The van der Waals surface area contributed by atoms with Crippen LogP contribution in [0.1, 0.15) is 12.7 Å². The minimum atomic E-state index is 0.0768. The highest BCUT2D eigenvalue weighted by Crippen LogP contribution is 2.32. The maximum absolute atomic E-state index is 9.48. The first kappa shape index (κ1) is 11.3. The molecule has 0 amide bonds. The van der Waals surface area contributed by atoms with Gasteiger partial charge in [-0.1, -0.05) is 0 Å². The summed E-state index contributed by atoms with van der Waals surface area (Å²) >= 11 is 0. The van der Waals surface area contributed by atoms with E-state index in [1.54, 1.807) is 31.2 Å². The highest BCUT2D eigenvalue weighted by Gasteiger charge is 2.13.